The second-order valence-corrected chi connectivity index (χ2v) is 8.07. The Morgan fingerprint density at radius 2 is 1.73 bits per heavy atom. The predicted molar refractivity (Wildman–Crippen MR) is 120 cm³/mol. The van der Waals surface area contributed by atoms with Crippen LogP contribution in [0.1, 0.15) is 35.3 Å². The van der Waals surface area contributed by atoms with Crippen LogP contribution >= 0.6 is 11.3 Å². The van der Waals surface area contributed by atoms with E-state index in [0.717, 1.165) is 28.4 Å². The molecular formula is C23H20F2N2O5S. The highest BCUT2D eigenvalue weighted by Crippen LogP contribution is 2.43. The molecule has 0 aliphatic carbocycles. The first kappa shape index (κ1) is 24.0. The van der Waals surface area contributed by atoms with Gasteiger partial charge in [-0.2, -0.15) is 0 Å². The molecule has 0 N–H and O–H groups in total. The van der Waals surface area contributed by atoms with E-state index < -0.39 is 35.0 Å². The largest absolute Gasteiger partial charge is 0.462 e. The van der Waals surface area contributed by atoms with Gasteiger partial charge in [-0.05, 0) is 49.2 Å². The van der Waals surface area contributed by atoms with Crippen molar-refractivity contribution >= 4 is 33.9 Å². The first-order chi connectivity index (χ1) is 15.6. The van der Waals surface area contributed by atoms with Gasteiger partial charge >= 0.3 is 5.97 Å². The first-order valence-electron chi connectivity index (χ1n) is 9.92. The minimum atomic E-state index is -0.817. The summed E-state index contributed by atoms with van der Waals surface area (Å²) >= 11 is 1.06. The predicted octanol–water partition coefficient (Wildman–Crippen LogP) is 5.64. The number of carbonyl (C=O) groups is 2. The number of esters is 1. The van der Waals surface area contributed by atoms with Crippen LogP contribution in [-0.2, 0) is 16.1 Å². The van der Waals surface area contributed by atoms with E-state index in [9.17, 15) is 28.5 Å². The average molecular weight is 474 g/mol. The van der Waals surface area contributed by atoms with Gasteiger partial charge in [0.25, 0.3) is 5.69 Å². The van der Waals surface area contributed by atoms with E-state index in [1.54, 1.807) is 13.8 Å². The maximum Gasteiger partial charge on any atom is 0.341 e. The number of hydrogen-bond acceptors (Lipinski definition) is 6. The monoisotopic (exact) mass is 474 g/mol. The van der Waals surface area contributed by atoms with E-state index >= 15 is 0 Å². The van der Waals surface area contributed by atoms with E-state index in [-0.39, 0.29) is 28.4 Å². The summed E-state index contributed by atoms with van der Waals surface area (Å²) in [6.45, 7) is 4.18. The lowest BCUT2D eigenvalue weighted by Crippen LogP contribution is -2.29. The molecule has 0 spiro atoms. The number of hydrogen-bond donors (Lipinski definition) is 0. The third-order valence-corrected chi connectivity index (χ3v) is 6.32. The van der Waals surface area contributed by atoms with E-state index in [0.29, 0.717) is 16.0 Å². The van der Waals surface area contributed by atoms with Crippen LogP contribution in [0.15, 0.2) is 42.5 Å². The summed E-state index contributed by atoms with van der Waals surface area (Å²) in [6.07, 6.45) is 0. The van der Waals surface area contributed by atoms with Crippen LogP contribution < -0.4 is 4.90 Å². The van der Waals surface area contributed by atoms with Crippen molar-refractivity contribution in [2.24, 2.45) is 0 Å². The molecule has 1 aromatic heterocycles. The summed E-state index contributed by atoms with van der Waals surface area (Å²) in [5, 5.41) is 11.1. The maximum absolute atomic E-state index is 14.3. The Bertz CT molecular complexity index is 1200. The van der Waals surface area contributed by atoms with Gasteiger partial charge in [0.05, 0.1) is 23.6 Å². The van der Waals surface area contributed by atoms with Gasteiger partial charge in [0.1, 0.15) is 16.6 Å². The number of non-ortho nitro benzene ring substituents is 1. The molecule has 0 radical (unpaired) electrons. The number of nitro benzene ring substituents is 1. The fourth-order valence-electron chi connectivity index (χ4n) is 3.31. The molecule has 7 nitrogen and oxygen atoms in total. The fraction of sp³-hybridized carbons (Fsp3) is 0.217. The van der Waals surface area contributed by atoms with Gasteiger partial charge in [-0.15, -0.1) is 11.3 Å². The molecule has 2 aromatic carbocycles. The van der Waals surface area contributed by atoms with Crippen molar-refractivity contribution in [2.45, 2.75) is 27.3 Å². The number of rotatable bonds is 7. The zero-order chi connectivity index (χ0) is 24.3. The van der Waals surface area contributed by atoms with E-state index in [1.807, 2.05) is 0 Å². The van der Waals surface area contributed by atoms with Crippen LogP contribution in [0.5, 0.6) is 0 Å². The van der Waals surface area contributed by atoms with Gasteiger partial charge in [0.15, 0.2) is 0 Å². The Kier molecular flexibility index (Phi) is 7.17. The number of halogens is 2. The standard InChI is InChI=1S/C23H20F2N2O5S/c1-4-32-23(29)20-13(2)21(15-8-10-16(11-9-15)27(30)31)33-22(20)26(14(3)28)12-17-18(24)6-5-7-19(17)25/h5-11H,4,12H2,1-3H3. The van der Waals surface area contributed by atoms with Crippen molar-refractivity contribution in [1.29, 1.82) is 0 Å². The number of thiophene rings is 1. The van der Waals surface area contributed by atoms with Gasteiger partial charge in [-0.25, -0.2) is 13.6 Å². The first-order valence-corrected chi connectivity index (χ1v) is 10.7. The molecule has 0 atom stereocenters. The van der Waals surface area contributed by atoms with Gasteiger partial charge in [-0.3, -0.25) is 19.8 Å². The molecule has 10 heteroatoms. The van der Waals surface area contributed by atoms with E-state index in [1.165, 1.54) is 37.3 Å². The molecule has 0 saturated carbocycles. The van der Waals surface area contributed by atoms with Crippen molar-refractivity contribution < 1.29 is 28.0 Å². The number of anilines is 1. The average Bonchev–Trinajstić information content (AvgIpc) is 3.10. The van der Waals surface area contributed by atoms with Crippen molar-refractivity contribution in [2.75, 3.05) is 11.5 Å². The van der Waals surface area contributed by atoms with Crippen LogP contribution in [0.3, 0.4) is 0 Å². The number of ether oxygens (including phenoxy) is 1. The summed E-state index contributed by atoms with van der Waals surface area (Å²) in [7, 11) is 0. The highest BCUT2D eigenvalue weighted by molar-refractivity contribution is 7.20. The normalized spacial score (nSPS) is 10.7. The third kappa shape index (κ3) is 4.90. The lowest BCUT2D eigenvalue weighted by atomic mass is 10.1. The number of benzene rings is 2. The molecule has 3 rings (SSSR count). The highest BCUT2D eigenvalue weighted by Gasteiger charge is 2.29. The van der Waals surface area contributed by atoms with Crippen molar-refractivity contribution in [3.63, 3.8) is 0 Å². The minimum Gasteiger partial charge on any atom is -0.462 e. The number of nitrogens with zero attached hydrogens (tertiary/aromatic N) is 2. The van der Waals surface area contributed by atoms with Crippen molar-refractivity contribution in [3.8, 4) is 10.4 Å². The minimum absolute atomic E-state index is 0.0858. The van der Waals surface area contributed by atoms with E-state index in [2.05, 4.69) is 0 Å². The number of nitro groups is 1. The van der Waals surface area contributed by atoms with Crippen LogP contribution in [0.2, 0.25) is 0 Å². The number of carbonyl (C=O) groups excluding carboxylic acids is 2. The summed E-state index contributed by atoms with van der Waals surface area (Å²) in [6, 6.07) is 9.12. The van der Waals surface area contributed by atoms with Gasteiger partial charge in [0.2, 0.25) is 5.91 Å². The zero-order valence-electron chi connectivity index (χ0n) is 18.1. The van der Waals surface area contributed by atoms with Crippen LogP contribution in [0, 0.1) is 28.7 Å². The quantitative estimate of drug-likeness (QED) is 0.251. The molecule has 1 heterocycles. The SMILES string of the molecule is CCOC(=O)c1c(N(Cc2c(F)cccc2F)C(C)=O)sc(-c2ccc([N+](=O)[O-])cc2)c1C. The molecule has 172 valence electrons. The summed E-state index contributed by atoms with van der Waals surface area (Å²) < 4.78 is 33.8. The summed E-state index contributed by atoms with van der Waals surface area (Å²) in [5.74, 6) is -2.85. The molecular weight excluding hydrogens is 454 g/mol. The zero-order valence-corrected chi connectivity index (χ0v) is 18.9. The van der Waals surface area contributed by atoms with Crippen molar-refractivity contribution in [1.82, 2.24) is 0 Å². The second kappa shape index (κ2) is 9.86. The second-order valence-electron chi connectivity index (χ2n) is 7.07. The van der Waals surface area contributed by atoms with Crippen LogP contribution in [0.4, 0.5) is 19.5 Å². The Labute approximate surface area is 192 Å². The summed E-state index contributed by atoms with van der Waals surface area (Å²) in [5.41, 5.74) is 0.759. The van der Waals surface area contributed by atoms with Crippen molar-refractivity contribution in [3.05, 3.63) is 80.9 Å². The third-order valence-electron chi connectivity index (χ3n) is 4.95. The van der Waals surface area contributed by atoms with Gasteiger partial charge < -0.3 is 4.74 Å². The fourth-order valence-corrected chi connectivity index (χ4v) is 4.65. The smallest absolute Gasteiger partial charge is 0.341 e. The van der Waals surface area contributed by atoms with E-state index in [4.69, 9.17) is 4.74 Å². The molecule has 1 amide bonds. The molecule has 0 aliphatic heterocycles. The summed E-state index contributed by atoms with van der Waals surface area (Å²) in [4.78, 5) is 37.5. The molecule has 33 heavy (non-hydrogen) atoms. The maximum atomic E-state index is 14.3. The Hall–Kier alpha value is -3.66. The molecule has 0 bridgehead atoms. The topological polar surface area (TPSA) is 89.8 Å². The lowest BCUT2D eigenvalue weighted by Gasteiger charge is -2.21. The van der Waals surface area contributed by atoms with Gasteiger partial charge in [-0.1, -0.05) is 6.07 Å². The molecule has 0 aliphatic rings. The Morgan fingerprint density at radius 3 is 2.24 bits per heavy atom. The Balaban J connectivity index is 2.17. The lowest BCUT2D eigenvalue weighted by molar-refractivity contribution is -0.384. The molecule has 0 saturated heterocycles. The van der Waals surface area contributed by atoms with Crippen LogP contribution in [-0.4, -0.2) is 23.4 Å². The van der Waals surface area contributed by atoms with Gasteiger partial charge in [0, 0.05) is 29.5 Å². The number of amides is 1. The Morgan fingerprint density at radius 1 is 1.12 bits per heavy atom. The molecule has 3 aromatic rings. The highest BCUT2D eigenvalue weighted by atomic mass is 32.1. The molecule has 0 unspecified atom stereocenters. The van der Waals surface area contributed by atoms with Crippen LogP contribution in [0.25, 0.3) is 10.4 Å². The molecule has 0 fully saturated rings.